The van der Waals surface area contributed by atoms with Crippen LogP contribution in [0.15, 0.2) is 47.4 Å². The third-order valence-corrected chi connectivity index (χ3v) is 5.96. The standard InChI is InChI=1S/C19H25FN2O4S/c1-21(2)11-12-22(14-15-7-5-6-8-17(15)20)27(23,24)19-13-16(25-3)9-10-18(19)26-4/h5-10,13H,11-12,14H2,1-4H3. The lowest BCUT2D eigenvalue weighted by molar-refractivity contribution is 0.324. The topological polar surface area (TPSA) is 59.1 Å². The molecule has 0 saturated heterocycles. The first kappa shape index (κ1) is 21.1. The number of likely N-dealkylation sites (N-methyl/N-ethyl adjacent to an activating group) is 1. The van der Waals surface area contributed by atoms with Crippen LogP contribution in [0.25, 0.3) is 0 Å². The summed E-state index contributed by atoms with van der Waals surface area (Å²) in [7, 11) is 2.61. The Morgan fingerprint density at radius 2 is 1.70 bits per heavy atom. The Bertz CT molecular complexity index is 872. The normalized spacial score (nSPS) is 11.8. The second-order valence-electron chi connectivity index (χ2n) is 6.25. The van der Waals surface area contributed by atoms with Gasteiger partial charge < -0.3 is 14.4 Å². The van der Waals surface area contributed by atoms with Crippen molar-refractivity contribution in [3.63, 3.8) is 0 Å². The number of methoxy groups -OCH3 is 2. The lowest BCUT2D eigenvalue weighted by atomic mass is 10.2. The van der Waals surface area contributed by atoms with Gasteiger partial charge in [-0.05, 0) is 32.3 Å². The van der Waals surface area contributed by atoms with Crippen molar-refractivity contribution < 1.29 is 22.3 Å². The SMILES string of the molecule is COc1ccc(OC)c(S(=O)(=O)N(CCN(C)C)Cc2ccccc2F)c1. The van der Waals surface area contributed by atoms with Gasteiger partial charge in [0.25, 0.3) is 0 Å². The maximum Gasteiger partial charge on any atom is 0.247 e. The van der Waals surface area contributed by atoms with E-state index in [2.05, 4.69) is 0 Å². The lowest BCUT2D eigenvalue weighted by Crippen LogP contribution is -2.36. The number of hydrogen-bond acceptors (Lipinski definition) is 5. The van der Waals surface area contributed by atoms with E-state index in [0.717, 1.165) is 0 Å². The first-order valence-corrected chi connectivity index (χ1v) is 9.84. The minimum absolute atomic E-state index is 0.0144. The maximum absolute atomic E-state index is 14.1. The van der Waals surface area contributed by atoms with Crippen LogP contribution in [-0.4, -0.2) is 59.0 Å². The highest BCUT2D eigenvalue weighted by Gasteiger charge is 2.29. The smallest absolute Gasteiger partial charge is 0.247 e. The summed E-state index contributed by atoms with van der Waals surface area (Å²) in [5.74, 6) is 0.159. The van der Waals surface area contributed by atoms with Gasteiger partial charge in [-0.15, -0.1) is 0 Å². The van der Waals surface area contributed by atoms with Crippen LogP contribution in [0.5, 0.6) is 11.5 Å². The van der Waals surface area contributed by atoms with E-state index in [4.69, 9.17) is 9.47 Å². The van der Waals surface area contributed by atoms with E-state index >= 15 is 0 Å². The van der Waals surface area contributed by atoms with E-state index < -0.39 is 15.8 Å². The lowest BCUT2D eigenvalue weighted by Gasteiger charge is -2.25. The van der Waals surface area contributed by atoms with E-state index in [0.29, 0.717) is 17.9 Å². The van der Waals surface area contributed by atoms with Crippen LogP contribution in [0.4, 0.5) is 4.39 Å². The summed E-state index contributed by atoms with van der Waals surface area (Å²) in [5, 5.41) is 0. The Balaban J connectivity index is 2.48. The first-order valence-electron chi connectivity index (χ1n) is 8.40. The summed E-state index contributed by atoms with van der Waals surface area (Å²) < 4.78 is 52.5. The second-order valence-corrected chi connectivity index (χ2v) is 8.16. The molecule has 0 aromatic heterocycles. The van der Waals surface area contributed by atoms with E-state index in [-0.39, 0.29) is 23.7 Å². The fourth-order valence-electron chi connectivity index (χ4n) is 2.54. The predicted molar refractivity (Wildman–Crippen MR) is 102 cm³/mol. The summed E-state index contributed by atoms with van der Waals surface area (Å²) in [6.07, 6.45) is 0. The van der Waals surface area contributed by atoms with Gasteiger partial charge >= 0.3 is 0 Å². The molecule has 2 aromatic rings. The molecule has 0 fully saturated rings. The third-order valence-electron chi connectivity index (χ3n) is 4.09. The molecule has 0 atom stereocenters. The maximum atomic E-state index is 14.1. The van der Waals surface area contributed by atoms with Gasteiger partial charge in [-0.1, -0.05) is 18.2 Å². The molecule has 0 spiro atoms. The van der Waals surface area contributed by atoms with Gasteiger partial charge in [0.1, 0.15) is 22.2 Å². The number of rotatable bonds is 9. The third kappa shape index (κ3) is 5.18. The number of sulfonamides is 1. The molecule has 8 heteroatoms. The number of hydrogen-bond donors (Lipinski definition) is 0. The molecular weight excluding hydrogens is 371 g/mol. The van der Waals surface area contributed by atoms with Crippen molar-refractivity contribution in [1.82, 2.24) is 9.21 Å². The van der Waals surface area contributed by atoms with E-state index in [1.165, 1.54) is 30.7 Å². The Morgan fingerprint density at radius 1 is 1.00 bits per heavy atom. The number of halogens is 1. The van der Waals surface area contributed by atoms with Crippen LogP contribution in [-0.2, 0) is 16.6 Å². The van der Waals surface area contributed by atoms with Gasteiger partial charge in [-0.25, -0.2) is 12.8 Å². The van der Waals surface area contributed by atoms with Crippen LogP contribution in [0.2, 0.25) is 0 Å². The van der Waals surface area contributed by atoms with Gasteiger partial charge in [-0.2, -0.15) is 4.31 Å². The molecule has 6 nitrogen and oxygen atoms in total. The summed E-state index contributed by atoms with van der Waals surface area (Å²) in [6, 6.07) is 10.7. The molecule has 0 aliphatic heterocycles. The van der Waals surface area contributed by atoms with E-state index in [1.807, 2.05) is 19.0 Å². The number of nitrogens with zero attached hydrogens (tertiary/aromatic N) is 2. The molecule has 0 amide bonds. The fourth-order valence-corrected chi connectivity index (χ4v) is 4.12. The van der Waals surface area contributed by atoms with Crippen LogP contribution in [0.1, 0.15) is 5.56 Å². The molecule has 0 saturated carbocycles. The van der Waals surface area contributed by atoms with Gasteiger partial charge in [0.15, 0.2) is 0 Å². The molecule has 27 heavy (non-hydrogen) atoms. The monoisotopic (exact) mass is 396 g/mol. The Kier molecular flexibility index (Phi) is 7.18. The number of ether oxygens (including phenoxy) is 2. The molecule has 0 unspecified atom stereocenters. The van der Waals surface area contributed by atoms with Crippen molar-refractivity contribution in [1.29, 1.82) is 0 Å². The van der Waals surface area contributed by atoms with Crippen molar-refractivity contribution >= 4 is 10.0 Å². The van der Waals surface area contributed by atoms with Gasteiger partial charge in [0, 0.05) is 31.3 Å². The van der Waals surface area contributed by atoms with Crippen molar-refractivity contribution in [2.24, 2.45) is 0 Å². The highest BCUT2D eigenvalue weighted by atomic mass is 32.2. The average Bonchev–Trinajstić information content (AvgIpc) is 2.65. The highest BCUT2D eigenvalue weighted by molar-refractivity contribution is 7.89. The molecule has 0 aliphatic carbocycles. The Morgan fingerprint density at radius 3 is 2.30 bits per heavy atom. The van der Waals surface area contributed by atoms with Crippen molar-refractivity contribution in [3.05, 3.63) is 53.8 Å². The fraction of sp³-hybridized carbons (Fsp3) is 0.368. The average molecular weight is 396 g/mol. The molecular formula is C19H25FN2O4S. The highest BCUT2D eigenvalue weighted by Crippen LogP contribution is 2.31. The van der Waals surface area contributed by atoms with Crippen LogP contribution in [0, 0.1) is 5.82 Å². The van der Waals surface area contributed by atoms with Gasteiger partial charge in [-0.3, -0.25) is 0 Å². The van der Waals surface area contributed by atoms with Gasteiger partial charge in [0.2, 0.25) is 10.0 Å². The Labute approximate surface area is 160 Å². The van der Waals surface area contributed by atoms with Crippen molar-refractivity contribution in [3.8, 4) is 11.5 Å². The van der Waals surface area contributed by atoms with Crippen LogP contribution >= 0.6 is 0 Å². The zero-order valence-corrected chi connectivity index (χ0v) is 16.8. The van der Waals surface area contributed by atoms with Crippen LogP contribution in [0.3, 0.4) is 0 Å². The molecule has 0 N–H and O–H groups in total. The number of benzene rings is 2. The summed E-state index contributed by atoms with van der Waals surface area (Å²) in [5.41, 5.74) is 0.307. The minimum atomic E-state index is -3.95. The molecule has 0 heterocycles. The molecule has 148 valence electrons. The minimum Gasteiger partial charge on any atom is -0.497 e. The predicted octanol–water partition coefficient (Wildman–Crippen LogP) is 2.60. The summed E-state index contributed by atoms with van der Waals surface area (Å²) in [4.78, 5) is 1.85. The molecule has 2 rings (SSSR count). The zero-order valence-electron chi connectivity index (χ0n) is 16.0. The molecule has 0 radical (unpaired) electrons. The van der Waals surface area contributed by atoms with Crippen molar-refractivity contribution in [2.75, 3.05) is 41.4 Å². The summed E-state index contributed by atoms with van der Waals surface area (Å²) >= 11 is 0. The molecule has 0 aliphatic rings. The van der Waals surface area contributed by atoms with Crippen LogP contribution < -0.4 is 9.47 Å². The van der Waals surface area contributed by atoms with E-state index in [9.17, 15) is 12.8 Å². The van der Waals surface area contributed by atoms with Crippen molar-refractivity contribution in [2.45, 2.75) is 11.4 Å². The van der Waals surface area contributed by atoms with Gasteiger partial charge in [0.05, 0.1) is 14.2 Å². The second kappa shape index (κ2) is 9.16. The van der Waals surface area contributed by atoms with E-state index in [1.54, 1.807) is 30.3 Å². The zero-order chi connectivity index (χ0) is 20.0. The quantitative estimate of drug-likeness (QED) is 0.652. The molecule has 0 bridgehead atoms. The Hall–Kier alpha value is -2.16. The molecule has 2 aromatic carbocycles. The largest absolute Gasteiger partial charge is 0.497 e. The first-order chi connectivity index (χ1) is 12.8. The summed E-state index contributed by atoms with van der Waals surface area (Å²) in [6.45, 7) is 0.604.